The molecule has 0 heterocycles. The van der Waals surface area contributed by atoms with Crippen LogP contribution >= 0.6 is 0 Å². The van der Waals surface area contributed by atoms with Crippen LogP contribution in [0, 0.1) is 46.3 Å². The van der Waals surface area contributed by atoms with Crippen LogP contribution in [-0.2, 0) is 9.59 Å². The first kappa shape index (κ1) is 20.3. The summed E-state index contributed by atoms with van der Waals surface area (Å²) in [6.45, 7) is 6.62. The summed E-state index contributed by atoms with van der Waals surface area (Å²) in [7, 11) is 0. The fraction of sp³-hybridized carbons (Fsp3) is 0.913. The minimum Gasteiger partial charge on any atom is -0.481 e. The van der Waals surface area contributed by atoms with Gasteiger partial charge in [-0.25, -0.2) is 0 Å². The number of aliphatic carboxylic acids is 1. The maximum absolute atomic E-state index is 12.1. The molecule has 0 unspecified atom stereocenters. The quantitative estimate of drug-likeness (QED) is 0.685. The van der Waals surface area contributed by atoms with Crippen molar-refractivity contribution in [1.82, 2.24) is 0 Å². The Morgan fingerprint density at radius 3 is 2.39 bits per heavy atom. The maximum Gasteiger partial charge on any atom is 0.303 e. The minimum atomic E-state index is -0.826. The molecule has 4 saturated carbocycles. The number of aliphatic hydroxyl groups excluding tert-OH is 2. The van der Waals surface area contributed by atoms with Crippen molar-refractivity contribution in [2.75, 3.05) is 0 Å². The van der Waals surface area contributed by atoms with E-state index in [2.05, 4.69) is 20.8 Å². The molecule has 0 spiro atoms. The molecule has 158 valence electrons. The van der Waals surface area contributed by atoms with E-state index < -0.39 is 18.2 Å². The van der Waals surface area contributed by atoms with Crippen LogP contribution in [0.4, 0.5) is 0 Å². The number of ketones is 1. The number of carboxylic acid groups (broad SMARTS) is 1. The first-order valence-electron chi connectivity index (χ1n) is 11.2. The monoisotopic (exact) mass is 392 g/mol. The number of hydrogen-bond donors (Lipinski definition) is 3. The molecular weight excluding hydrogens is 356 g/mol. The van der Waals surface area contributed by atoms with Crippen molar-refractivity contribution in [2.45, 2.75) is 84.3 Å². The Hall–Kier alpha value is -0.940. The van der Waals surface area contributed by atoms with Gasteiger partial charge < -0.3 is 15.3 Å². The van der Waals surface area contributed by atoms with E-state index in [0.717, 1.165) is 32.1 Å². The smallest absolute Gasteiger partial charge is 0.303 e. The summed E-state index contributed by atoms with van der Waals surface area (Å²) in [5, 5.41) is 31.5. The van der Waals surface area contributed by atoms with Gasteiger partial charge in [-0.05, 0) is 78.4 Å². The Labute approximate surface area is 167 Å². The van der Waals surface area contributed by atoms with Crippen LogP contribution < -0.4 is 0 Å². The van der Waals surface area contributed by atoms with Crippen molar-refractivity contribution < 1.29 is 24.9 Å². The Morgan fingerprint density at radius 2 is 1.71 bits per heavy atom. The zero-order valence-corrected chi connectivity index (χ0v) is 17.4. The molecule has 0 radical (unpaired) electrons. The molecule has 0 amide bonds. The third-order valence-corrected chi connectivity index (χ3v) is 9.83. The predicted octanol–water partition coefficient (Wildman–Crippen LogP) is 3.27. The zero-order valence-electron chi connectivity index (χ0n) is 17.4. The van der Waals surface area contributed by atoms with Crippen LogP contribution in [0.3, 0.4) is 0 Å². The molecule has 0 aromatic heterocycles. The molecule has 0 aliphatic heterocycles. The Bertz CT molecular complexity index is 661. The highest BCUT2D eigenvalue weighted by atomic mass is 16.4. The summed E-state index contributed by atoms with van der Waals surface area (Å²) < 4.78 is 0. The molecule has 5 nitrogen and oxygen atoms in total. The molecule has 28 heavy (non-hydrogen) atoms. The second-order valence-corrected chi connectivity index (χ2v) is 10.9. The molecule has 4 rings (SSSR count). The number of aliphatic hydroxyl groups is 2. The third kappa shape index (κ3) is 2.79. The lowest BCUT2D eigenvalue weighted by Crippen LogP contribution is -2.64. The number of hydrogen-bond acceptors (Lipinski definition) is 4. The molecule has 5 heteroatoms. The Balaban J connectivity index is 1.64. The summed E-state index contributed by atoms with van der Waals surface area (Å²) in [4.78, 5) is 23.4. The van der Waals surface area contributed by atoms with Gasteiger partial charge in [-0.1, -0.05) is 20.8 Å². The average Bonchev–Trinajstić information content (AvgIpc) is 2.97. The Morgan fingerprint density at radius 1 is 1.04 bits per heavy atom. The summed E-state index contributed by atoms with van der Waals surface area (Å²) >= 11 is 0. The van der Waals surface area contributed by atoms with Crippen LogP contribution in [0.1, 0.15) is 72.1 Å². The SMILES string of the molecule is C[C@H](CC(=O)O)[C@H]1CC[C@H]2[C@@H]3[C@H](O)[C@H](O)[C@@H]4CC(=O)CC[C@]4(C)[C@H]3CC[C@]12C. The van der Waals surface area contributed by atoms with Gasteiger partial charge >= 0.3 is 5.97 Å². The fourth-order valence-corrected chi connectivity index (χ4v) is 8.44. The maximum atomic E-state index is 12.1. The number of carbonyl (C=O) groups is 2. The second-order valence-electron chi connectivity index (χ2n) is 10.9. The van der Waals surface area contributed by atoms with Gasteiger partial charge in [0.2, 0.25) is 0 Å². The third-order valence-electron chi connectivity index (χ3n) is 9.83. The standard InChI is InChI=1S/C23H36O5/c1-12(10-18(25)26)14-4-5-15-19-16(7-9-22(14,15)2)23(3)8-6-13(24)11-17(23)20(27)21(19)28/h12,14-17,19-21,27-28H,4-11H2,1-3H3,(H,25,26)/t12-,14-,15+,16+,17+,19+,20-,21+,22-,23-/m1/s1. The number of fused-ring (bicyclic) bond motifs is 5. The lowest BCUT2D eigenvalue weighted by atomic mass is 9.43. The number of rotatable bonds is 3. The zero-order chi connectivity index (χ0) is 20.4. The van der Waals surface area contributed by atoms with Crippen LogP contribution in [-0.4, -0.2) is 39.3 Å². The normalized spacial score (nSPS) is 51.8. The first-order chi connectivity index (χ1) is 13.1. The molecule has 4 aliphatic carbocycles. The first-order valence-corrected chi connectivity index (χ1v) is 11.2. The van der Waals surface area contributed by atoms with Crippen LogP contribution in [0.25, 0.3) is 0 Å². The van der Waals surface area contributed by atoms with Crippen molar-refractivity contribution in [3.05, 3.63) is 0 Å². The molecular formula is C23H36O5. The number of carbonyl (C=O) groups excluding carboxylic acids is 1. The molecule has 0 aromatic rings. The lowest BCUT2D eigenvalue weighted by Gasteiger charge is -2.63. The van der Waals surface area contributed by atoms with Gasteiger partial charge in [0, 0.05) is 19.3 Å². The van der Waals surface area contributed by atoms with Gasteiger partial charge in [0.1, 0.15) is 5.78 Å². The highest BCUT2D eigenvalue weighted by Crippen LogP contribution is 2.68. The van der Waals surface area contributed by atoms with E-state index in [1.165, 1.54) is 0 Å². The second kappa shape index (κ2) is 6.80. The molecule has 0 saturated heterocycles. The van der Waals surface area contributed by atoms with E-state index in [-0.39, 0.29) is 40.8 Å². The van der Waals surface area contributed by atoms with Crippen molar-refractivity contribution in [1.29, 1.82) is 0 Å². The summed E-state index contributed by atoms with van der Waals surface area (Å²) in [5.41, 5.74) is -0.0479. The largest absolute Gasteiger partial charge is 0.481 e. The highest BCUT2D eigenvalue weighted by molar-refractivity contribution is 5.79. The van der Waals surface area contributed by atoms with Gasteiger partial charge in [0.25, 0.3) is 0 Å². The van der Waals surface area contributed by atoms with Crippen LogP contribution in [0.2, 0.25) is 0 Å². The van der Waals surface area contributed by atoms with Crippen molar-refractivity contribution in [2.24, 2.45) is 46.3 Å². The van der Waals surface area contributed by atoms with E-state index >= 15 is 0 Å². The predicted molar refractivity (Wildman–Crippen MR) is 104 cm³/mol. The molecule has 3 N–H and O–H groups in total. The molecule has 10 atom stereocenters. The van der Waals surface area contributed by atoms with Gasteiger partial charge in [-0.2, -0.15) is 0 Å². The summed E-state index contributed by atoms with van der Waals surface area (Å²) in [6.07, 6.45) is 4.52. The highest BCUT2D eigenvalue weighted by Gasteiger charge is 2.65. The molecule has 0 bridgehead atoms. The van der Waals surface area contributed by atoms with Crippen molar-refractivity contribution in [3.63, 3.8) is 0 Å². The van der Waals surface area contributed by atoms with E-state index in [0.29, 0.717) is 30.6 Å². The van der Waals surface area contributed by atoms with Crippen LogP contribution in [0.15, 0.2) is 0 Å². The van der Waals surface area contributed by atoms with Gasteiger partial charge in [-0.15, -0.1) is 0 Å². The van der Waals surface area contributed by atoms with E-state index in [9.17, 15) is 24.9 Å². The Kier molecular flexibility index (Phi) is 4.94. The van der Waals surface area contributed by atoms with E-state index in [4.69, 9.17) is 0 Å². The molecule has 4 aliphatic rings. The van der Waals surface area contributed by atoms with E-state index in [1.54, 1.807) is 0 Å². The van der Waals surface area contributed by atoms with E-state index in [1.807, 2.05) is 0 Å². The van der Waals surface area contributed by atoms with Gasteiger partial charge in [0.15, 0.2) is 0 Å². The van der Waals surface area contributed by atoms with Crippen molar-refractivity contribution in [3.8, 4) is 0 Å². The fourth-order valence-electron chi connectivity index (χ4n) is 8.44. The number of Topliss-reactive ketones (excluding diaryl/α,β-unsaturated/α-hetero) is 1. The summed E-state index contributed by atoms with van der Waals surface area (Å²) in [5.74, 6) is 0.577. The van der Waals surface area contributed by atoms with Crippen LogP contribution in [0.5, 0.6) is 0 Å². The minimum absolute atomic E-state index is 0.0322. The lowest BCUT2D eigenvalue weighted by molar-refractivity contribution is -0.214. The van der Waals surface area contributed by atoms with Crippen molar-refractivity contribution >= 4 is 11.8 Å². The van der Waals surface area contributed by atoms with Gasteiger partial charge in [0.05, 0.1) is 12.2 Å². The molecule has 0 aromatic carbocycles. The number of carboxylic acids is 1. The topological polar surface area (TPSA) is 94.8 Å². The van der Waals surface area contributed by atoms with Gasteiger partial charge in [-0.3, -0.25) is 9.59 Å². The average molecular weight is 393 g/mol. The molecule has 4 fully saturated rings. The summed E-state index contributed by atoms with van der Waals surface area (Å²) in [6, 6.07) is 0.